The lowest BCUT2D eigenvalue weighted by Gasteiger charge is -2.26. The Morgan fingerprint density at radius 3 is 2.41 bits per heavy atom. The fourth-order valence-corrected chi connectivity index (χ4v) is 4.77. The highest BCUT2D eigenvalue weighted by molar-refractivity contribution is 7.22. The Morgan fingerprint density at radius 2 is 1.69 bits per heavy atom. The van der Waals surface area contributed by atoms with Crippen molar-refractivity contribution < 1.29 is 18.6 Å². The molecule has 1 saturated heterocycles. The molecule has 4 aromatic rings. The third-order valence-corrected chi connectivity index (χ3v) is 6.64. The first-order chi connectivity index (χ1) is 19.2. The van der Waals surface area contributed by atoms with Crippen molar-refractivity contribution in [2.24, 2.45) is 0 Å². The molecule has 2 N–H and O–H groups in total. The number of hydrogen-bond acceptors (Lipinski definition) is 7. The van der Waals surface area contributed by atoms with Gasteiger partial charge in [0.05, 0.1) is 23.4 Å². The Balaban J connectivity index is 0.000000833. The summed E-state index contributed by atoms with van der Waals surface area (Å²) in [6.45, 7) is 17.0. The fourth-order valence-electron chi connectivity index (χ4n) is 3.71. The topological polar surface area (TPSA) is 69.8 Å². The second kappa shape index (κ2) is 17.4. The molecular formula is C31H42FN3O3S. The van der Waals surface area contributed by atoms with Crippen molar-refractivity contribution in [3.8, 4) is 27.7 Å². The van der Waals surface area contributed by atoms with Crippen molar-refractivity contribution in [1.82, 2.24) is 9.88 Å². The number of hydrogen-bond donors (Lipinski definition) is 1. The van der Waals surface area contributed by atoms with Gasteiger partial charge in [-0.1, -0.05) is 53.7 Å². The van der Waals surface area contributed by atoms with Gasteiger partial charge in [-0.25, -0.2) is 4.39 Å². The quantitative estimate of drug-likeness (QED) is 0.232. The first-order valence-electron chi connectivity index (χ1n) is 13.8. The molecule has 2 aromatic carbocycles. The Labute approximate surface area is 236 Å². The zero-order valence-corrected chi connectivity index (χ0v) is 24.8. The molecule has 3 heterocycles. The Morgan fingerprint density at radius 1 is 0.949 bits per heavy atom. The minimum Gasteiger partial charge on any atom is -0.492 e. The minimum absolute atomic E-state index is 0.127. The number of nitrogens with two attached hydrogens (primary N) is 1. The normalized spacial score (nSPS) is 12.7. The second-order valence-corrected chi connectivity index (χ2v) is 8.81. The van der Waals surface area contributed by atoms with Crippen LogP contribution >= 0.6 is 11.3 Å². The smallest absolute Gasteiger partial charge is 0.167 e. The average Bonchev–Trinajstić information content (AvgIpc) is 3.44. The van der Waals surface area contributed by atoms with Crippen LogP contribution in [0.2, 0.25) is 0 Å². The van der Waals surface area contributed by atoms with Crippen molar-refractivity contribution >= 4 is 27.2 Å². The lowest BCUT2D eigenvalue weighted by molar-refractivity contribution is 0.0322. The Kier molecular flexibility index (Phi) is 14.3. The number of thiophene rings is 1. The molecule has 6 nitrogen and oxygen atoms in total. The van der Waals surface area contributed by atoms with E-state index in [2.05, 4.69) is 9.88 Å². The molecule has 8 heteroatoms. The van der Waals surface area contributed by atoms with Crippen LogP contribution < -0.4 is 15.2 Å². The fraction of sp³-hybridized carbons (Fsp3) is 0.387. The molecule has 0 spiro atoms. The summed E-state index contributed by atoms with van der Waals surface area (Å²) < 4.78 is 32.3. The third-order valence-electron chi connectivity index (χ3n) is 5.45. The van der Waals surface area contributed by atoms with Crippen LogP contribution in [0, 0.1) is 5.82 Å². The molecule has 0 amide bonds. The van der Waals surface area contributed by atoms with E-state index in [9.17, 15) is 4.39 Å². The van der Waals surface area contributed by atoms with E-state index in [1.807, 2.05) is 71.9 Å². The average molecular weight is 556 g/mol. The van der Waals surface area contributed by atoms with Gasteiger partial charge in [0.2, 0.25) is 0 Å². The molecule has 212 valence electrons. The van der Waals surface area contributed by atoms with Gasteiger partial charge in [-0.15, -0.1) is 11.3 Å². The molecule has 0 atom stereocenters. The monoisotopic (exact) mass is 555 g/mol. The van der Waals surface area contributed by atoms with Crippen molar-refractivity contribution in [2.75, 3.05) is 45.2 Å². The van der Waals surface area contributed by atoms with Gasteiger partial charge in [0, 0.05) is 48.5 Å². The predicted octanol–water partition coefficient (Wildman–Crippen LogP) is 8.27. The maximum atomic E-state index is 14.2. The van der Waals surface area contributed by atoms with Crippen LogP contribution in [0.3, 0.4) is 0 Å². The molecule has 5 rings (SSSR count). The molecule has 0 aliphatic carbocycles. The van der Waals surface area contributed by atoms with Crippen molar-refractivity contribution in [1.29, 1.82) is 0 Å². The predicted molar refractivity (Wildman–Crippen MR) is 163 cm³/mol. The van der Waals surface area contributed by atoms with Crippen LogP contribution in [0.5, 0.6) is 17.2 Å². The molecular weight excluding hydrogens is 513 g/mol. The summed E-state index contributed by atoms with van der Waals surface area (Å²) in [7, 11) is 0. The minimum atomic E-state index is -0.501. The van der Waals surface area contributed by atoms with E-state index in [1.165, 1.54) is 12.1 Å². The van der Waals surface area contributed by atoms with Crippen molar-refractivity contribution in [3.05, 3.63) is 66.6 Å². The second-order valence-electron chi connectivity index (χ2n) is 7.76. The van der Waals surface area contributed by atoms with Crippen LogP contribution in [-0.4, -0.2) is 49.3 Å². The summed E-state index contributed by atoms with van der Waals surface area (Å²) >= 11 is 1.55. The van der Waals surface area contributed by atoms with E-state index in [4.69, 9.17) is 19.9 Å². The summed E-state index contributed by atoms with van der Waals surface area (Å²) in [5.74, 6) is 1.01. The van der Waals surface area contributed by atoms with Crippen LogP contribution in [-0.2, 0) is 4.74 Å². The Bertz CT molecular complexity index is 1260. The van der Waals surface area contributed by atoms with Gasteiger partial charge in [0.15, 0.2) is 11.6 Å². The van der Waals surface area contributed by atoms with E-state index >= 15 is 0 Å². The lowest BCUT2D eigenvalue weighted by atomic mass is 10.2. The zero-order chi connectivity index (χ0) is 28.6. The molecule has 2 aromatic heterocycles. The number of rotatable bonds is 7. The molecule has 39 heavy (non-hydrogen) atoms. The standard InChI is InChI=1S/C25H24FN3O3S.3C2H6/c26-20-15-18(27)4-5-22(20)32-23-6-7-28-21-16-24(33-25(21)23)17-2-1-3-19(14-17)31-13-10-29-8-11-30-12-9-29;3*1-2/h1-7,14-16H,8-13,27H2;3*1-2H3. The van der Waals surface area contributed by atoms with Crippen LogP contribution in [0.15, 0.2) is 60.8 Å². The third kappa shape index (κ3) is 9.20. The number of ether oxygens (including phenoxy) is 3. The lowest BCUT2D eigenvalue weighted by Crippen LogP contribution is -2.38. The molecule has 1 aliphatic heterocycles. The van der Waals surface area contributed by atoms with Crippen molar-refractivity contribution in [2.45, 2.75) is 41.5 Å². The van der Waals surface area contributed by atoms with Gasteiger partial charge in [0.25, 0.3) is 0 Å². The number of aromatic nitrogens is 1. The van der Waals surface area contributed by atoms with Crippen LogP contribution in [0.25, 0.3) is 20.7 Å². The van der Waals surface area contributed by atoms with E-state index in [1.54, 1.807) is 29.7 Å². The highest BCUT2D eigenvalue weighted by Crippen LogP contribution is 2.40. The summed E-state index contributed by atoms with van der Waals surface area (Å²) in [6, 6.07) is 16.2. The van der Waals surface area contributed by atoms with Crippen LogP contribution in [0.4, 0.5) is 10.1 Å². The van der Waals surface area contributed by atoms with Gasteiger partial charge >= 0.3 is 0 Å². The van der Waals surface area contributed by atoms with E-state index in [-0.39, 0.29) is 5.75 Å². The Hall–Kier alpha value is -3.20. The first-order valence-corrected chi connectivity index (χ1v) is 14.6. The van der Waals surface area contributed by atoms with Crippen molar-refractivity contribution in [3.63, 3.8) is 0 Å². The molecule has 1 fully saturated rings. The number of fused-ring (bicyclic) bond motifs is 1. The van der Waals surface area contributed by atoms with E-state index in [0.29, 0.717) is 18.0 Å². The number of morpholine rings is 1. The summed E-state index contributed by atoms with van der Waals surface area (Å²) in [6.07, 6.45) is 1.66. The van der Waals surface area contributed by atoms with Gasteiger partial charge in [-0.2, -0.15) is 0 Å². The molecule has 1 aliphatic rings. The number of pyridine rings is 1. The highest BCUT2D eigenvalue weighted by atomic mass is 32.1. The van der Waals surface area contributed by atoms with Gasteiger partial charge in [0.1, 0.15) is 18.1 Å². The van der Waals surface area contributed by atoms with Gasteiger partial charge < -0.3 is 19.9 Å². The zero-order valence-electron chi connectivity index (χ0n) is 24.0. The number of nitrogen functional groups attached to an aromatic ring is 1. The molecule has 0 unspecified atom stereocenters. The van der Waals surface area contributed by atoms with E-state index < -0.39 is 5.82 Å². The number of halogens is 1. The SMILES string of the molecule is CC.CC.CC.Nc1ccc(Oc2ccnc3cc(-c4cccc(OCCN5CCOCC5)c4)sc23)c(F)c1. The first kappa shape index (κ1) is 32.0. The highest BCUT2D eigenvalue weighted by Gasteiger charge is 2.14. The largest absolute Gasteiger partial charge is 0.492 e. The van der Waals surface area contributed by atoms with Crippen LogP contribution in [0.1, 0.15) is 41.5 Å². The van der Waals surface area contributed by atoms with E-state index in [0.717, 1.165) is 59.3 Å². The summed E-state index contributed by atoms with van der Waals surface area (Å²) in [5.41, 5.74) is 7.82. The summed E-state index contributed by atoms with van der Waals surface area (Å²) in [4.78, 5) is 7.84. The van der Waals surface area contributed by atoms with Gasteiger partial charge in [-0.05, 0) is 35.9 Å². The number of benzene rings is 2. The molecule has 0 saturated carbocycles. The molecule has 0 radical (unpaired) electrons. The molecule has 0 bridgehead atoms. The maximum absolute atomic E-state index is 14.2. The van der Waals surface area contributed by atoms with Gasteiger partial charge in [-0.3, -0.25) is 9.88 Å². The number of anilines is 1. The summed E-state index contributed by atoms with van der Waals surface area (Å²) in [5, 5.41) is 0. The maximum Gasteiger partial charge on any atom is 0.167 e. The number of nitrogens with zero attached hydrogens (tertiary/aromatic N) is 2.